The smallest absolute Gasteiger partial charge is 0.283 e. The molecule has 0 aromatic rings. The molecule has 0 spiro atoms. The molecule has 3 atom stereocenters. The third-order valence-electron chi connectivity index (χ3n) is 4.67. The molecule has 2 aliphatic heterocycles. The van der Waals surface area contributed by atoms with E-state index in [1.54, 1.807) is 13.0 Å². The van der Waals surface area contributed by atoms with Gasteiger partial charge in [0.25, 0.3) is 5.91 Å². The number of rotatable bonds is 8. The summed E-state index contributed by atoms with van der Waals surface area (Å²) in [5, 5.41) is 15.4. The largest absolute Gasteiger partial charge is 0.485 e. The van der Waals surface area contributed by atoms with Crippen LogP contribution in [-0.4, -0.2) is 47.5 Å². The van der Waals surface area contributed by atoms with Crippen molar-refractivity contribution in [1.82, 2.24) is 10.4 Å². The predicted octanol–water partition coefficient (Wildman–Crippen LogP) is 2.03. The number of hydrogen-bond acceptors (Lipinski definition) is 5. The SMILES string of the molecule is C=CCN[C@@H]1C2=C(O[C@@H](CCCCC)[C@]1(C)O)C(=C)N(OC)C2=O. The summed E-state index contributed by atoms with van der Waals surface area (Å²) in [5.41, 5.74) is -0.491. The minimum atomic E-state index is -1.23. The number of unbranched alkanes of at least 4 members (excludes halogenated alkanes) is 2. The van der Waals surface area contributed by atoms with Crippen LogP contribution in [0.2, 0.25) is 0 Å². The number of hydrogen-bond donors (Lipinski definition) is 2. The lowest BCUT2D eigenvalue weighted by Crippen LogP contribution is -2.60. The first kappa shape index (κ1) is 18.7. The molecule has 0 saturated carbocycles. The Labute approximate surface area is 143 Å². The van der Waals surface area contributed by atoms with Gasteiger partial charge in [0, 0.05) is 6.54 Å². The van der Waals surface area contributed by atoms with Gasteiger partial charge in [-0.3, -0.25) is 9.63 Å². The molecule has 24 heavy (non-hydrogen) atoms. The van der Waals surface area contributed by atoms with Crippen molar-refractivity contribution in [2.45, 2.75) is 57.3 Å². The minimum Gasteiger partial charge on any atom is -0.485 e. The molecule has 0 aliphatic carbocycles. The van der Waals surface area contributed by atoms with Crippen LogP contribution in [0.5, 0.6) is 0 Å². The van der Waals surface area contributed by atoms with E-state index in [1.165, 1.54) is 7.11 Å². The van der Waals surface area contributed by atoms with Crippen molar-refractivity contribution < 1.29 is 19.5 Å². The Morgan fingerprint density at radius 3 is 2.79 bits per heavy atom. The van der Waals surface area contributed by atoms with Gasteiger partial charge in [-0.25, -0.2) is 0 Å². The van der Waals surface area contributed by atoms with Crippen molar-refractivity contribution in [3.63, 3.8) is 0 Å². The predicted molar refractivity (Wildman–Crippen MR) is 91.6 cm³/mol. The molecule has 0 aromatic heterocycles. The van der Waals surface area contributed by atoms with Crippen LogP contribution < -0.4 is 5.32 Å². The number of amides is 1. The van der Waals surface area contributed by atoms with Gasteiger partial charge in [0.05, 0.1) is 18.7 Å². The molecule has 0 unspecified atom stereocenters. The zero-order valence-corrected chi connectivity index (χ0v) is 14.8. The van der Waals surface area contributed by atoms with Crippen molar-refractivity contribution in [1.29, 1.82) is 0 Å². The number of ether oxygens (including phenoxy) is 1. The molecule has 2 heterocycles. The molecule has 0 aromatic carbocycles. The number of hydroxylamine groups is 2. The van der Waals surface area contributed by atoms with Gasteiger partial charge in [-0.2, -0.15) is 5.06 Å². The maximum Gasteiger partial charge on any atom is 0.283 e. The van der Waals surface area contributed by atoms with Crippen LogP contribution in [0.25, 0.3) is 0 Å². The highest BCUT2D eigenvalue weighted by molar-refractivity contribution is 6.00. The second-order valence-corrected chi connectivity index (χ2v) is 6.43. The number of aliphatic hydroxyl groups is 1. The molecule has 1 amide bonds. The van der Waals surface area contributed by atoms with Crippen LogP contribution in [0.1, 0.15) is 39.5 Å². The lowest BCUT2D eigenvalue weighted by molar-refractivity contribution is -0.158. The molecule has 0 bridgehead atoms. The highest BCUT2D eigenvalue weighted by atomic mass is 16.7. The maximum atomic E-state index is 12.6. The Balaban J connectivity index is 2.37. The first-order valence-electron chi connectivity index (χ1n) is 8.45. The summed E-state index contributed by atoms with van der Waals surface area (Å²) in [5.74, 6) is 0.0581. The molecule has 2 aliphatic rings. The van der Waals surface area contributed by atoms with Gasteiger partial charge in [0.2, 0.25) is 0 Å². The average Bonchev–Trinajstić information content (AvgIpc) is 2.77. The fourth-order valence-electron chi connectivity index (χ4n) is 3.34. The Kier molecular flexibility index (Phi) is 5.85. The summed E-state index contributed by atoms with van der Waals surface area (Å²) in [4.78, 5) is 17.8. The van der Waals surface area contributed by atoms with Gasteiger partial charge in [-0.15, -0.1) is 6.58 Å². The summed E-state index contributed by atoms with van der Waals surface area (Å²) in [7, 11) is 1.41. The Morgan fingerprint density at radius 1 is 1.50 bits per heavy atom. The molecule has 6 heteroatoms. The van der Waals surface area contributed by atoms with Crippen LogP contribution in [0.3, 0.4) is 0 Å². The van der Waals surface area contributed by atoms with E-state index in [2.05, 4.69) is 25.4 Å². The van der Waals surface area contributed by atoms with E-state index in [0.717, 1.165) is 24.3 Å². The van der Waals surface area contributed by atoms with Gasteiger partial charge in [0.15, 0.2) is 5.76 Å². The van der Waals surface area contributed by atoms with E-state index >= 15 is 0 Å². The van der Waals surface area contributed by atoms with Gasteiger partial charge in [-0.05, 0) is 19.8 Å². The molecule has 2 N–H and O–H groups in total. The van der Waals surface area contributed by atoms with Crippen LogP contribution in [0.4, 0.5) is 0 Å². The monoisotopic (exact) mass is 336 g/mol. The van der Waals surface area contributed by atoms with E-state index in [9.17, 15) is 9.90 Å². The van der Waals surface area contributed by atoms with Crippen molar-refractivity contribution in [2.75, 3.05) is 13.7 Å². The number of carbonyl (C=O) groups excluding carboxylic acids is 1. The van der Waals surface area contributed by atoms with E-state index in [4.69, 9.17) is 9.57 Å². The zero-order valence-electron chi connectivity index (χ0n) is 14.8. The zero-order chi connectivity index (χ0) is 17.9. The highest BCUT2D eigenvalue weighted by Gasteiger charge is 2.54. The minimum absolute atomic E-state index is 0.355. The number of carbonyl (C=O) groups is 1. The van der Waals surface area contributed by atoms with E-state index in [0.29, 0.717) is 30.0 Å². The van der Waals surface area contributed by atoms with Crippen molar-refractivity contribution >= 4 is 5.91 Å². The number of nitrogens with zero attached hydrogens (tertiary/aromatic N) is 1. The first-order valence-corrected chi connectivity index (χ1v) is 8.45. The topological polar surface area (TPSA) is 71.0 Å². The third-order valence-corrected chi connectivity index (χ3v) is 4.67. The number of nitrogens with one attached hydrogen (secondary N) is 1. The van der Waals surface area contributed by atoms with E-state index in [-0.39, 0.29) is 5.91 Å². The Hall–Kier alpha value is -1.63. The molecular formula is C18H28N2O4. The van der Waals surface area contributed by atoms with Crippen LogP contribution >= 0.6 is 0 Å². The lowest BCUT2D eigenvalue weighted by Gasteiger charge is -2.43. The molecule has 2 rings (SSSR count). The molecule has 0 fully saturated rings. The summed E-state index contributed by atoms with van der Waals surface area (Å²) in [6, 6.07) is -0.574. The third kappa shape index (κ3) is 3.14. The van der Waals surface area contributed by atoms with Gasteiger partial charge in [0.1, 0.15) is 17.4 Å². The second-order valence-electron chi connectivity index (χ2n) is 6.43. The molecule has 134 valence electrons. The molecule has 0 radical (unpaired) electrons. The average molecular weight is 336 g/mol. The summed E-state index contributed by atoms with van der Waals surface area (Å²) < 4.78 is 6.02. The van der Waals surface area contributed by atoms with Crippen molar-refractivity contribution in [3.8, 4) is 0 Å². The summed E-state index contributed by atoms with van der Waals surface area (Å²) >= 11 is 0. The van der Waals surface area contributed by atoms with Gasteiger partial charge in [-0.1, -0.05) is 32.4 Å². The molecule has 0 saturated heterocycles. The highest BCUT2D eigenvalue weighted by Crippen LogP contribution is 2.42. The first-order chi connectivity index (χ1) is 11.4. The molecular weight excluding hydrogens is 308 g/mol. The van der Waals surface area contributed by atoms with Crippen LogP contribution in [0, 0.1) is 0 Å². The second kappa shape index (κ2) is 7.51. The van der Waals surface area contributed by atoms with Gasteiger partial charge < -0.3 is 15.2 Å². The fraction of sp³-hybridized carbons (Fsp3) is 0.611. The summed E-state index contributed by atoms with van der Waals surface area (Å²) in [6.07, 6.45) is 5.08. The van der Waals surface area contributed by atoms with Crippen molar-refractivity contribution in [2.24, 2.45) is 0 Å². The standard InChI is InChI=1S/C18H28N2O4/c1-6-8-9-10-13-18(4,22)16(19-11-7-2)14-15(24-13)12(3)20(23-5)17(14)21/h7,13,16,19,22H,2-3,6,8-11H2,1,4-5H3/t13-,16+,18-/m0/s1. The maximum absolute atomic E-state index is 12.6. The van der Waals surface area contributed by atoms with Crippen molar-refractivity contribution in [3.05, 3.63) is 36.3 Å². The van der Waals surface area contributed by atoms with E-state index < -0.39 is 17.7 Å². The normalized spacial score (nSPS) is 29.8. The quantitative estimate of drug-likeness (QED) is 0.524. The Bertz CT molecular complexity index is 553. The molecule has 6 nitrogen and oxygen atoms in total. The summed E-state index contributed by atoms with van der Waals surface area (Å²) in [6.45, 7) is 11.9. The van der Waals surface area contributed by atoms with Gasteiger partial charge >= 0.3 is 0 Å². The van der Waals surface area contributed by atoms with Crippen LogP contribution in [-0.2, 0) is 14.4 Å². The Morgan fingerprint density at radius 2 is 2.21 bits per heavy atom. The van der Waals surface area contributed by atoms with E-state index in [1.807, 2.05) is 0 Å². The van der Waals surface area contributed by atoms with Crippen LogP contribution in [0.15, 0.2) is 36.3 Å². The lowest BCUT2D eigenvalue weighted by atomic mass is 9.80. The fourth-order valence-corrected chi connectivity index (χ4v) is 3.34.